The molecule has 1 aromatic rings. The van der Waals surface area contributed by atoms with Crippen LogP contribution in [0.5, 0.6) is 0 Å². The molecule has 0 radical (unpaired) electrons. The van der Waals surface area contributed by atoms with Gasteiger partial charge in [0.1, 0.15) is 4.88 Å². The van der Waals surface area contributed by atoms with Gasteiger partial charge < -0.3 is 9.80 Å². The van der Waals surface area contributed by atoms with Gasteiger partial charge in [-0.3, -0.25) is 9.69 Å². The van der Waals surface area contributed by atoms with E-state index in [4.69, 9.17) is 0 Å². The Bertz CT molecular complexity index is 540. The summed E-state index contributed by atoms with van der Waals surface area (Å²) in [7, 11) is 2.20. The minimum Gasteiger partial charge on any atom is -0.338 e. The summed E-state index contributed by atoms with van der Waals surface area (Å²) in [6.45, 7) is 10.6. The van der Waals surface area contributed by atoms with Crippen molar-refractivity contribution in [3.63, 3.8) is 0 Å². The molecule has 0 unspecified atom stereocenters. The van der Waals surface area contributed by atoms with Gasteiger partial charge in [0, 0.05) is 45.3 Å². The molecule has 1 aromatic heterocycles. The summed E-state index contributed by atoms with van der Waals surface area (Å²) >= 11 is 1.22. The molecule has 0 bridgehead atoms. The maximum absolute atomic E-state index is 12.5. The zero-order valence-electron chi connectivity index (χ0n) is 14.4. The van der Waals surface area contributed by atoms with E-state index >= 15 is 0 Å². The molecule has 0 aromatic carbocycles. The van der Waals surface area contributed by atoms with E-state index in [1.165, 1.54) is 31.2 Å². The lowest BCUT2D eigenvalue weighted by Crippen LogP contribution is -2.52. The summed E-state index contributed by atoms with van der Waals surface area (Å²) in [5.74, 6) is 0.828. The lowest BCUT2D eigenvalue weighted by molar-refractivity contribution is 0.0559. The van der Waals surface area contributed by atoms with Gasteiger partial charge in [-0.1, -0.05) is 4.49 Å². The number of aryl methyl sites for hydroxylation is 1. The molecular weight excluding hydrogens is 310 g/mol. The smallest absolute Gasteiger partial charge is 0.267 e. The van der Waals surface area contributed by atoms with Gasteiger partial charge in [0.15, 0.2) is 0 Å². The van der Waals surface area contributed by atoms with Crippen LogP contribution in [0.15, 0.2) is 0 Å². The number of piperazine rings is 1. The number of carbonyl (C=O) groups is 1. The molecule has 7 heteroatoms. The van der Waals surface area contributed by atoms with Crippen LogP contribution in [0.25, 0.3) is 0 Å². The van der Waals surface area contributed by atoms with Crippen molar-refractivity contribution >= 4 is 17.4 Å². The monoisotopic (exact) mass is 337 g/mol. The number of carbonyl (C=O) groups excluding carboxylic acids is 1. The molecule has 2 aliphatic rings. The SMILES string of the molecule is Cc1nnsc1C(=O)N1CCC(CN2CCN(C)C[C@@H]2C)CC1. The van der Waals surface area contributed by atoms with Crippen LogP contribution < -0.4 is 0 Å². The Morgan fingerprint density at radius 3 is 2.61 bits per heavy atom. The molecule has 0 N–H and O–H groups in total. The Labute approximate surface area is 142 Å². The number of rotatable bonds is 3. The van der Waals surface area contributed by atoms with E-state index in [2.05, 4.69) is 33.4 Å². The van der Waals surface area contributed by atoms with Crippen LogP contribution in [0.1, 0.15) is 35.1 Å². The van der Waals surface area contributed by atoms with Gasteiger partial charge >= 0.3 is 0 Å². The summed E-state index contributed by atoms with van der Waals surface area (Å²) in [5, 5.41) is 3.95. The summed E-state index contributed by atoms with van der Waals surface area (Å²) in [6.07, 6.45) is 2.21. The minimum atomic E-state index is 0.115. The first kappa shape index (κ1) is 16.8. The molecule has 1 amide bonds. The molecular formula is C16H27N5OS. The zero-order chi connectivity index (χ0) is 16.4. The Hall–Kier alpha value is -1.05. The Balaban J connectivity index is 1.49. The number of hydrogen-bond acceptors (Lipinski definition) is 6. The fourth-order valence-electron chi connectivity index (χ4n) is 3.67. The van der Waals surface area contributed by atoms with Crippen molar-refractivity contribution in [2.75, 3.05) is 46.3 Å². The molecule has 128 valence electrons. The van der Waals surface area contributed by atoms with Crippen LogP contribution in [0, 0.1) is 12.8 Å². The molecule has 2 saturated heterocycles. The Morgan fingerprint density at radius 2 is 2.00 bits per heavy atom. The van der Waals surface area contributed by atoms with Crippen molar-refractivity contribution in [2.24, 2.45) is 5.92 Å². The third-order valence-electron chi connectivity index (χ3n) is 5.21. The average Bonchev–Trinajstić information content (AvgIpc) is 2.96. The van der Waals surface area contributed by atoms with Gasteiger partial charge in [-0.25, -0.2) is 0 Å². The second-order valence-electron chi connectivity index (χ2n) is 7.03. The van der Waals surface area contributed by atoms with Crippen molar-refractivity contribution in [3.05, 3.63) is 10.6 Å². The number of hydrogen-bond donors (Lipinski definition) is 0. The van der Waals surface area contributed by atoms with Gasteiger partial charge in [0.2, 0.25) is 0 Å². The predicted molar refractivity (Wildman–Crippen MR) is 91.8 cm³/mol. The minimum absolute atomic E-state index is 0.115. The first-order chi connectivity index (χ1) is 11.0. The van der Waals surface area contributed by atoms with E-state index in [9.17, 15) is 4.79 Å². The molecule has 23 heavy (non-hydrogen) atoms. The first-order valence-electron chi connectivity index (χ1n) is 8.55. The number of amides is 1. The number of likely N-dealkylation sites (tertiary alicyclic amines) is 1. The van der Waals surface area contributed by atoms with Crippen molar-refractivity contribution in [1.29, 1.82) is 0 Å². The van der Waals surface area contributed by atoms with Crippen LogP contribution in [-0.2, 0) is 0 Å². The number of aromatic nitrogens is 2. The summed E-state index contributed by atoms with van der Waals surface area (Å²) in [6, 6.07) is 0.638. The topological polar surface area (TPSA) is 52.6 Å². The molecule has 3 rings (SSSR count). The normalized spacial score (nSPS) is 25.0. The highest BCUT2D eigenvalue weighted by Gasteiger charge is 2.29. The van der Waals surface area contributed by atoms with Gasteiger partial charge in [0.05, 0.1) is 5.69 Å². The van der Waals surface area contributed by atoms with E-state index in [-0.39, 0.29) is 5.91 Å². The zero-order valence-corrected chi connectivity index (χ0v) is 15.2. The lowest BCUT2D eigenvalue weighted by Gasteiger charge is -2.41. The third-order valence-corrected chi connectivity index (χ3v) is 6.02. The van der Waals surface area contributed by atoms with Crippen LogP contribution >= 0.6 is 11.5 Å². The Morgan fingerprint density at radius 1 is 1.26 bits per heavy atom. The fraction of sp³-hybridized carbons (Fsp3) is 0.812. The maximum Gasteiger partial charge on any atom is 0.267 e. The quantitative estimate of drug-likeness (QED) is 0.833. The van der Waals surface area contributed by atoms with Crippen molar-refractivity contribution in [3.8, 4) is 0 Å². The lowest BCUT2D eigenvalue weighted by atomic mass is 9.95. The number of nitrogens with zero attached hydrogens (tertiary/aromatic N) is 5. The third kappa shape index (κ3) is 3.89. The van der Waals surface area contributed by atoms with Gasteiger partial charge in [-0.15, -0.1) is 5.10 Å². The molecule has 0 spiro atoms. The van der Waals surface area contributed by atoms with Crippen LogP contribution in [0.3, 0.4) is 0 Å². The van der Waals surface area contributed by atoms with Crippen molar-refractivity contribution in [1.82, 2.24) is 24.3 Å². The second kappa shape index (κ2) is 7.23. The summed E-state index contributed by atoms with van der Waals surface area (Å²) in [4.78, 5) is 20.2. The standard InChI is InChI=1S/C16H27N5OS/c1-12-10-19(3)8-9-21(12)11-14-4-6-20(7-5-14)16(22)15-13(2)17-18-23-15/h12,14H,4-11H2,1-3H3/t12-/m0/s1. The van der Waals surface area contributed by atoms with E-state index in [1.807, 2.05) is 11.8 Å². The van der Waals surface area contributed by atoms with Gasteiger partial charge in [-0.2, -0.15) is 0 Å². The van der Waals surface area contributed by atoms with Crippen LogP contribution in [0.2, 0.25) is 0 Å². The highest BCUT2D eigenvalue weighted by molar-refractivity contribution is 7.07. The first-order valence-corrected chi connectivity index (χ1v) is 9.32. The highest BCUT2D eigenvalue weighted by Crippen LogP contribution is 2.23. The average molecular weight is 337 g/mol. The largest absolute Gasteiger partial charge is 0.338 e. The van der Waals surface area contributed by atoms with E-state index in [1.54, 1.807) is 0 Å². The molecule has 0 aliphatic carbocycles. The molecule has 2 aliphatic heterocycles. The molecule has 2 fully saturated rings. The van der Waals surface area contributed by atoms with Gasteiger partial charge in [-0.05, 0) is 51.2 Å². The molecule has 3 heterocycles. The molecule has 1 atom stereocenters. The highest BCUT2D eigenvalue weighted by atomic mass is 32.1. The van der Waals surface area contributed by atoms with Crippen molar-refractivity contribution in [2.45, 2.75) is 32.7 Å². The molecule has 6 nitrogen and oxygen atoms in total. The van der Waals surface area contributed by atoms with Crippen LogP contribution in [-0.4, -0.2) is 82.6 Å². The summed E-state index contributed by atoms with van der Waals surface area (Å²) in [5.41, 5.74) is 0.758. The van der Waals surface area contributed by atoms with Crippen molar-refractivity contribution < 1.29 is 4.79 Å². The Kier molecular flexibility index (Phi) is 5.28. The number of likely N-dealkylation sites (N-methyl/N-ethyl adjacent to an activating group) is 1. The number of piperidine rings is 1. The molecule has 0 saturated carbocycles. The predicted octanol–water partition coefficient (Wildman–Crippen LogP) is 1.33. The maximum atomic E-state index is 12.5. The fourth-order valence-corrected chi connectivity index (χ4v) is 4.30. The second-order valence-corrected chi connectivity index (χ2v) is 7.78. The van der Waals surface area contributed by atoms with Crippen LogP contribution in [0.4, 0.5) is 0 Å². The van der Waals surface area contributed by atoms with Gasteiger partial charge in [0.25, 0.3) is 5.91 Å². The summed E-state index contributed by atoms with van der Waals surface area (Å²) < 4.78 is 3.88. The van der Waals surface area contributed by atoms with E-state index in [0.717, 1.165) is 38.2 Å². The van der Waals surface area contributed by atoms with E-state index < -0.39 is 0 Å². The van der Waals surface area contributed by atoms with E-state index in [0.29, 0.717) is 16.8 Å².